The minimum absolute atomic E-state index is 0.0232. The van der Waals surface area contributed by atoms with Crippen molar-refractivity contribution in [2.45, 2.75) is 27.2 Å². The number of rotatable bonds is 4. The summed E-state index contributed by atoms with van der Waals surface area (Å²) in [5, 5.41) is 2.67. The molecular weight excluding hydrogens is 216 g/mol. The summed E-state index contributed by atoms with van der Waals surface area (Å²) in [6.45, 7) is 5.80. The molecule has 94 valence electrons. The topological polar surface area (TPSA) is 72.2 Å². The molecule has 3 N–H and O–H groups in total. The third-order valence-corrected chi connectivity index (χ3v) is 1.92. The monoisotopic (exact) mass is 236 g/mol. The Bertz CT molecular complexity index is 375. The van der Waals surface area contributed by atoms with Gasteiger partial charge in [-0.25, -0.2) is 0 Å². The van der Waals surface area contributed by atoms with E-state index < -0.39 is 0 Å². The number of benzene rings is 1. The number of nitrogens with one attached hydrogen (secondary N) is 1. The largest absolute Gasteiger partial charge is 0.330 e. The van der Waals surface area contributed by atoms with E-state index in [1.807, 2.05) is 13.8 Å². The first-order valence-corrected chi connectivity index (χ1v) is 5.74. The van der Waals surface area contributed by atoms with Crippen molar-refractivity contribution < 1.29 is 9.59 Å². The van der Waals surface area contributed by atoms with Crippen LogP contribution in [-0.2, 0) is 4.79 Å². The lowest BCUT2D eigenvalue weighted by Crippen LogP contribution is -2.16. The molecule has 1 amide bonds. The van der Waals surface area contributed by atoms with Crippen molar-refractivity contribution in [3.05, 3.63) is 29.8 Å². The molecular formula is C13H20N2O2. The summed E-state index contributed by atoms with van der Waals surface area (Å²) in [6.07, 6.45) is 0.282. The summed E-state index contributed by atoms with van der Waals surface area (Å²) in [5.41, 5.74) is 6.46. The molecule has 1 aromatic carbocycles. The Balaban J connectivity index is 0.00000121. The van der Waals surface area contributed by atoms with Gasteiger partial charge in [0.15, 0.2) is 5.78 Å². The van der Waals surface area contributed by atoms with Crippen molar-refractivity contribution in [3.8, 4) is 0 Å². The highest BCUT2D eigenvalue weighted by Gasteiger charge is 2.03. The molecule has 0 bridgehead atoms. The zero-order valence-electron chi connectivity index (χ0n) is 10.6. The van der Waals surface area contributed by atoms with Gasteiger partial charge >= 0.3 is 0 Å². The van der Waals surface area contributed by atoms with Crippen molar-refractivity contribution in [3.63, 3.8) is 0 Å². The summed E-state index contributed by atoms with van der Waals surface area (Å²) in [5.74, 6) is -0.164. The van der Waals surface area contributed by atoms with Gasteiger partial charge in [0.2, 0.25) is 5.91 Å². The third-order valence-electron chi connectivity index (χ3n) is 1.92. The second-order valence-electron chi connectivity index (χ2n) is 3.22. The zero-order chi connectivity index (χ0) is 13.3. The van der Waals surface area contributed by atoms with E-state index in [-0.39, 0.29) is 18.1 Å². The standard InChI is InChI=1S/C11H14N2O2.C2H6/c1-8(14)9-3-2-4-10(7-9)13-11(15)5-6-12;1-2/h2-4,7H,5-6,12H2,1H3,(H,13,15);1-2H3. The molecule has 1 rings (SSSR count). The van der Waals surface area contributed by atoms with E-state index in [9.17, 15) is 9.59 Å². The first-order chi connectivity index (χ1) is 8.13. The fraction of sp³-hybridized carbons (Fsp3) is 0.385. The number of anilines is 1. The Morgan fingerprint density at radius 1 is 1.29 bits per heavy atom. The molecule has 0 atom stereocenters. The van der Waals surface area contributed by atoms with Gasteiger partial charge in [-0.3, -0.25) is 9.59 Å². The van der Waals surface area contributed by atoms with Gasteiger partial charge in [0.05, 0.1) is 0 Å². The van der Waals surface area contributed by atoms with E-state index in [2.05, 4.69) is 5.32 Å². The summed E-state index contributed by atoms with van der Waals surface area (Å²) in [4.78, 5) is 22.3. The van der Waals surface area contributed by atoms with Gasteiger partial charge in [-0.05, 0) is 19.1 Å². The zero-order valence-corrected chi connectivity index (χ0v) is 10.6. The average Bonchev–Trinajstić information content (AvgIpc) is 2.32. The second kappa shape index (κ2) is 8.47. The number of ketones is 1. The number of hydrogen-bond acceptors (Lipinski definition) is 3. The van der Waals surface area contributed by atoms with Crippen LogP contribution in [0.1, 0.15) is 37.6 Å². The van der Waals surface area contributed by atoms with Crippen LogP contribution in [0.15, 0.2) is 24.3 Å². The SMILES string of the molecule is CC.CC(=O)c1cccc(NC(=O)CCN)c1. The molecule has 17 heavy (non-hydrogen) atoms. The molecule has 0 spiro atoms. The highest BCUT2D eigenvalue weighted by molar-refractivity contribution is 5.97. The maximum absolute atomic E-state index is 11.2. The Hall–Kier alpha value is -1.68. The molecule has 1 aromatic rings. The molecule has 4 heteroatoms. The summed E-state index contributed by atoms with van der Waals surface area (Å²) >= 11 is 0. The first-order valence-electron chi connectivity index (χ1n) is 5.74. The van der Waals surface area contributed by atoms with Crippen LogP contribution in [0.25, 0.3) is 0 Å². The minimum atomic E-state index is -0.141. The molecule has 0 saturated heterocycles. The van der Waals surface area contributed by atoms with Crippen LogP contribution in [-0.4, -0.2) is 18.2 Å². The van der Waals surface area contributed by atoms with Gasteiger partial charge in [0.25, 0.3) is 0 Å². The van der Waals surface area contributed by atoms with Gasteiger partial charge in [-0.15, -0.1) is 0 Å². The van der Waals surface area contributed by atoms with Crippen molar-refractivity contribution >= 4 is 17.4 Å². The lowest BCUT2D eigenvalue weighted by atomic mass is 10.1. The Labute approximate surface area is 102 Å². The number of carbonyl (C=O) groups is 2. The Morgan fingerprint density at radius 3 is 2.47 bits per heavy atom. The van der Waals surface area contributed by atoms with Crippen molar-refractivity contribution in [1.29, 1.82) is 0 Å². The number of nitrogens with two attached hydrogens (primary N) is 1. The number of Topliss-reactive ketones (excluding diaryl/α,β-unsaturated/α-hetero) is 1. The first kappa shape index (κ1) is 15.3. The van der Waals surface area contributed by atoms with Crippen LogP contribution in [0.4, 0.5) is 5.69 Å². The highest BCUT2D eigenvalue weighted by Crippen LogP contribution is 2.11. The molecule has 0 unspecified atom stereocenters. The highest BCUT2D eigenvalue weighted by atomic mass is 16.1. The van der Waals surface area contributed by atoms with Crippen LogP contribution < -0.4 is 11.1 Å². The van der Waals surface area contributed by atoms with Crippen LogP contribution in [0.5, 0.6) is 0 Å². The van der Waals surface area contributed by atoms with Gasteiger partial charge in [0, 0.05) is 24.2 Å². The van der Waals surface area contributed by atoms with E-state index >= 15 is 0 Å². The smallest absolute Gasteiger partial charge is 0.225 e. The van der Waals surface area contributed by atoms with E-state index in [1.54, 1.807) is 24.3 Å². The van der Waals surface area contributed by atoms with Gasteiger partial charge < -0.3 is 11.1 Å². The lowest BCUT2D eigenvalue weighted by molar-refractivity contribution is -0.116. The minimum Gasteiger partial charge on any atom is -0.330 e. The van der Waals surface area contributed by atoms with Crippen molar-refractivity contribution in [2.24, 2.45) is 5.73 Å². The van der Waals surface area contributed by atoms with Gasteiger partial charge in [0.1, 0.15) is 0 Å². The number of hydrogen-bond donors (Lipinski definition) is 2. The molecule has 0 saturated carbocycles. The predicted molar refractivity (Wildman–Crippen MR) is 70.1 cm³/mol. The third kappa shape index (κ3) is 5.82. The molecule has 0 heterocycles. The molecule has 0 aliphatic rings. The van der Waals surface area contributed by atoms with E-state index in [0.717, 1.165) is 0 Å². The number of amides is 1. The maximum Gasteiger partial charge on any atom is 0.225 e. The molecule has 0 radical (unpaired) electrons. The predicted octanol–water partition coefficient (Wildman–Crippen LogP) is 2.20. The Morgan fingerprint density at radius 2 is 1.94 bits per heavy atom. The molecule has 0 aromatic heterocycles. The maximum atomic E-state index is 11.2. The number of carbonyl (C=O) groups excluding carboxylic acids is 2. The Kier molecular flexibility index (Phi) is 7.63. The summed E-state index contributed by atoms with van der Waals surface area (Å²) < 4.78 is 0. The lowest BCUT2D eigenvalue weighted by Gasteiger charge is -2.05. The second-order valence-corrected chi connectivity index (χ2v) is 3.22. The molecule has 0 aliphatic heterocycles. The summed E-state index contributed by atoms with van der Waals surface area (Å²) in [7, 11) is 0. The summed E-state index contributed by atoms with van der Waals surface area (Å²) in [6, 6.07) is 6.83. The average molecular weight is 236 g/mol. The molecule has 0 aliphatic carbocycles. The van der Waals surface area contributed by atoms with E-state index in [1.165, 1.54) is 6.92 Å². The van der Waals surface area contributed by atoms with E-state index in [0.29, 0.717) is 17.8 Å². The fourth-order valence-electron chi connectivity index (χ4n) is 1.17. The fourth-order valence-corrected chi connectivity index (χ4v) is 1.17. The van der Waals surface area contributed by atoms with E-state index in [4.69, 9.17) is 5.73 Å². The molecule has 0 fully saturated rings. The van der Waals surface area contributed by atoms with Crippen molar-refractivity contribution in [2.75, 3.05) is 11.9 Å². The van der Waals surface area contributed by atoms with Crippen LogP contribution in [0.3, 0.4) is 0 Å². The van der Waals surface area contributed by atoms with Crippen LogP contribution in [0, 0.1) is 0 Å². The normalized spacial score (nSPS) is 8.94. The molecule has 4 nitrogen and oxygen atoms in total. The van der Waals surface area contributed by atoms with Gasteiger partial charge in [-0.2, -0.15) is 0 Å². The quantitative estimate of drug-likeness (QED) is 0.787. The van der Waals surface area contributed by atoms with Crippen LogP contribution in [0.2, 0.25) is 0 Å². The van der Waals surface area contributed by atoms with Gasteiger partial charge in [-0.1, -0.05) is 26.0 Å². The van der Waals surface area contributed by atoms with Crippen LogP contribution >= 0.6 is 0 Å². The van der Waals surface area contributed by atoms with Crippen molar-refractivity contribution in [1.82, 2.24) is 0 Å².